The molecule has 0 fully saturated rings. The number of aryl methyl sites for hydroxylation is 3. The molecule has 2 unspecified atom stereocenters. The molecule has 0 aliphatic rings. The van der Waals surface area contributed by atoms with Crippen molar-refractivity contribution in [3.05, 3.63) is 64.7 Å². The highest BCUT2D eigenvalue weighted by atomic mass is 16.6. The van der Waals surface area contributed by atoms with Gasteiger partial charge in [-0.2, -0.15) is 0 Å². The monoisotopic (exact) mass is 523 g/mol. The summed E-state index contributed by atoms with van der Waals surface area (Å²) in [6.07, 6.45) is 0.936. The van der Waals surface area contributed by atoms with Crippen LogP contribution in [0.5, 0.6) is 0 Å². The maximum absolute atomic E-state index is 14.0. The van der Waals surface area contributed by atoms with Crippen LogP contribution >= 0.6 is 0 Å². The fourth-order valence-electron chi connectivity index (χ4n) is 4.38. The van der Waals surface area contributed by atoms with Gasteiger partial charge in [-0.25, -0.2) is 4.79 Å². The van der Waals surface area contributed by atoms with Crippen molar-refractivity contribution in [3.8, 4) is 0 Å². The van der Waals surface area contributed by atoms with E-state index in [1.54, 1.807) is 25.7 Å². The first-order valence-corrected chi connectivity index (χ1v) is 13.4. The highest BCUT2D eigenvalue weighted by molar-refractivity contribution is 5.99. The van der Waals surface area contributed by atoms with Crippen molar-refractivity contribution in [2.24, 2.45) is 5.92 Å². The molecule has 0 saturated heterocycles. The summed E-state index contributed by atoms with van der Waals surface area (Å²) in [5.74, 6) is -0.208. The second-order valence-electron chi connectivity index (χ2n) is 11.5. The van der Waals surface area contributed by atoms with Crippen molar-refractivity contribution in [1.82, 2.24) is 10.2 Å². The van der Waals surface area contributed by atoms with Gasteiger partial charge in [0.1, 0.15) is 18.2 Å². The number of nitrogens with zero attached hydrogens (tertiary/aromatic N) is 1. The molecule has 3 amide bonds. The molecule has 0 spiro atoms. The number of ether oxygens (including phenoxy) is 1. The van der Waals surface area contributed by atoms with Crippen LogP contribution < -0.4 is 10.6 Å². The van der Waals surface area contributed by atoms with Crippen LogP contribution in [0, 0.1) is 26.7 Å². The predicted octanol–water partition coefficient (Wildman–Crippen LogP) is 6.47. The molecule has 0 heterocycles. The van der Waals surface area contributed by atoms with E-state index in [0.717, 1.165) is 35.1 Å². The van der Waals surface area contributed by atoms with Crippen LogP contribution in [-0.2, 0) is 14.3 Å². The summed E-state index contributed by atoms with van der Waals surface area (Å²) >= 11 is 0. The fraction of sp³-hybridized carbons (Fsp3) is 0.516. The van der Waals surface area contributed by atoms with E-state index in [-0.39, 0.29) is 24.4 Å². The molecular weight excluding hydrogens is 478 g/mol. The molecule has 208 valence electrons. The van der Waals surface area contributed by atoms with Crippen LogP contribution in [0.15, 0.2) is 42.5 Å². The van der Waals surface area contributed by atoms with Gasteiger partial charge >= 0.3 is 6.09 Å². The molecule has 7 heteroatoms. The Balaban J connectivity index is 2.51. The maximum Gasteiger partial charge on any atom is 0.408 e. The molecule has 0 aliphatic carbocycles. The van der Waals surface area contributed by atoms with Gasteiger partial charge in [-0.15, -0.1) is 0 Å². The zero-order chi connectivity index (χ0) is 28.6. The van der Waals surface area contributed by atoms with Gasteiger partial charge in [-0.1, -0.05) is 55.8 Å². The van der Waals surface area contributed by atoms with E-state index < -0.39 is 17.7 Å². The standard InChI is InChI=1S/C31H45N3O4/c1-20(2)14-16-24(6)34(27(35)19-32-30(37)38-31(7,8)9)28(25-17-15-21(3)18-23(25)5)29(36)33-26-13-11-10-12-22(26)4/h10-13,15,17-18,20,24,28H,14,16,19H2,1-9H3,(H,32,37)(H,33,36). The summed E-state index contributed by atoms with van der Waals surface area (Å²) in [5, 5.41) is 5.64. The molecule has 38 heavy (non-hydrogen) atoms. The van der Waals surface area contributed by atoms with Crippen molar-refractivity contribution in [1.29, 1.82) is 0 Å². The van der Waals surface area contributed by atoms with Crippen molar-refractivity contribution in [2.75, 3.05) is 11.9 Å². The first-order chi connectivity index (χ1) is 17.7. The summed E-state index contributed by atoms with van der Waals surface area (Å²) in [5.41, 5.74) is 3.68. The number of hydrogen-bond donors (Lipinski definition) is 2. The van der Waals surface area contributed by atoms with Gasteiger partial charge in [0.05, 0.1) is 0 Å². The molecule has 2 N–H and O–H groups in total. The highest BCUT2D eigenvalue weighted by Crippen LogP contribution is 2.30. The number of carbonyl (C=O) groups is 3. The largest absolute Gasteiger partial charge is 0.444 e. The first kappa shape index (κ1) is 30.9. The average Bonchev–Trinajstić information content (AvgIpc) is 2.80. The lowest BCUT2D eigenvalue weighted by Crippen LogP contribution is -2.50. The number of benzene rings is 2. The molecule has 0 saturated carbocycles. The van der Waals surface area contributed by atoms with Gasteiger partial charge in [0, 0.05) is 11.7 Å². The van der Waals surface area contributed by atoms with Crippen molar-refractivity contribution in [3.63, 3.8) is 0 Å². The minimum absolute atomic E-state index is 0.251. The Morgan fingerprint density at radius 1 is 0.921 bits per heavy atom. The Morgan fingerprint density at radius 3 is 2.16 bits per heavy atom. The SMILES string of the molecule is Cc1ccc(C(C(=O)Nc2ccccc2C)N(C(=O)CNC(=O)OC(C)(C)C)C(C)CCC(C)C)c(C)c1. The topological polar surface area (TPSA) is 87.7 Å². The van der Waals surface area contributed by atoms with E-state index in [2.05, 4.69) is 24.5 Å². The van der Waals surface area contributed by atoms with E-state index in [1.807, 2.05) is 70.2 Å². The summed E-state index contributed by atoms with van der Waals surface area (Å²) in [7, 11) is 0. The highest BCUT2D eigenvalue weighted by Gasteiger charge is 2.36. The Labute approximate surface area is 228 Å². The molecule has 2 aromatic rings. The summed E-state index contributed by atoms with van der Waals surface area (Å²) in [4.78, 5) is 41.8. The molecule has 0 radical (unpaired) electrons. The minimum atomic E-state index is -0.884. The third-order valence-electron chi connectivity index (χ3n) is 6.36. The predicted molar refractivity (Wildman–Crippen MR) is 153 cm³/mol. The van der Waals surface area contributed by atoms with E-state index in [4.69, 9.17) is 4.74 Å². The lowest BCUT2D eigenvalue weighted by Gasteiger charge is -2.37. The number of para-hydroxylation sites is 1. The molecule has 0 bridgehead atoms. The second-order valence-corrected chi connectivity index (χ2v) is 11.5. The number of rotatable bonds is 10. The molecule has 0 aliphatic heterocycles. The lowest BCUT2D eigenvalue weighted by atomic mass is 9.94. The van der Waals surface area contributed by atoms with Crippen molar-refractivity contribution >= 4 is 23.6 Å². The van der Waals surface area contributed by atoms with Gasteiger partial charge < -0.3 is 20.3 Å². The van der Waals surface area contributed by atoms with Crippen LogP contribution in [-0.4, -0.2) is 41.0 Å². The second kappa shape index (κ2) is 13.4. The number of amides is 3. The van der Waals surface area contributed by atoms with Crippen LogP contribution in [0.25, 0.3) is 0 Å². The Kier molecular flexibility index (Phi) is 10.9. The number of hydrogen-bond acceptors (Lipinski definition) is 4. The van der Waals surface area contributed by atoms with E-state index in [1.165, 1.54) is 0 Å². The normalized spacial score (nSPS) is 13.0. The van der Waals surface area contributed by atoms with Gasteiger partial charge in [-0.05, 0) is 90.0 Å². The van der Waals surface area contributed by atoms with E-state index in [0.29, 0.717) is 11.6 Å². The number of nitrogens with one attached hydrogen (secondary N) is 2. The van der Waals surface area contributed by atoms with Crippen molar-refractivity contribution < 1.29 is 19.1 Å². The molecule has 2 rings (SSSR count). The van der Waals surface area contributed by atoms with E-state index in [9.17, 15) is 14.4 Å². The average molecular weight is 524 g/mol. The quantitative estimate of drug-likeness (QED) is 0.374. The number of anilines is 1. The Morgan fingerprint density at radius 2 is 1.58 bits per heavy atom. The third kappa shape index (κ3) is 9.19. The zero-order valence-electron chi connectivity index (χ0n) is 24.5. The zero-order valence-corrected chi connectivity index (χ0v) is 24.5. The lowest BCUT2D eigenvalue weighted by molar-refractivity contribution is -0.141. The Bertz CT molecular complexity index is 1120. The first-order valence-electron chi connectivity index (χ1n) is 13.4. The molecule has 2 aromatic carbocycles. The molecular formula is C31H45N3O4. The number of carbonyl (C=O) groups excluding carboxylic acids is 3. The van der Waals surface area contributed by atoms with Crippen LogP contribution in [0.4, 0.5) is 10.5 Å². The van der Waals surface area contributed by atoms with E-state index >= 15 is 0 Å². The van der Waals surface area contributed by atoms with Crippen LogP contribution in [0.3, 0.4) is 0 Å². The van der Waals surface area contributed by atoms with Crippen LogP contribution in [0.1, 0.15) is 82.7 Å². The minimum Gasteiger partial charge on any atom is -0.444 e. The van der Waals surface area contributed by atoms with Gasteiger partial charge in [-0.3, -0.25) is 9.59 Å². The molecule has 0 aromatic heterocycles. The maximum atomic E-state index is 14.0. The summed E-state index contributed by atoms with van der Waals surface area (Å²) < 4.78 is 5.32. The third-order valence-corrected chi connectivity index (χ3v) is 6.36. The molecule has 2 atom stereocenters. The van der Waals surface area contributed by atoms with Gasteiger partial charge in [0.25, 0.3) is 5.91 Å². The fourth-order valence-corrected chi connectivity index (χ4v) is 4.38. The van der Waals surface area contributed by atoms with Crippen LogP contribution in [0.2, 0.25) is 0 Å². The summed E-state index contributed by atoms with van der Waals surface area (Å²) in [6, 6.07) is 12.3. The van der Waals surface area contributed by atoms with Gasteiger partial charge in [0.15, 0.2) is 0 Å². The van der Waals surface area contributed by atoms with Gasteiger partial charge in [0.2, 0.25) is 5.91 Å². The summed E-state index contributed by atoms with van der Waals surface area (Å²) in [6.45, 7) is 17.1. The number of alkyl carbamates (subject to hydrolysis) is 1. The smallest absolute Gasteiger partial charge is 0.408 e. The molecule has 7 nitrogen and oxygen atoms in total. The Hall–Kier alpha value is -3.35. The van der Waals surface area contributed by atoms with Crippen molar-refractivity contribution in [2.45, 2.75) is 92.8 Å².